The van der Waals surface area contributed by atoms with E-state index in [2.05, 4.69) is 15.1 Å². The molecule has 0 aliphatic carbocycles. The highest BCUT2D eigenvalue weighted by atomic mass is 32.1. The van der Waals surface area contributed by atoms with Crippen molar-refractivity contribution in [3.63, 3.8) is 0 Å². The molecule has 0 radical (unpaired) electrons. The molecule has 0 atom stereocenters. The average molecular weight is 243 g/mol. The van der Waals surface area contributed by atoms with E-state index in [0.717, 1.165) is 0 Å². The van der Waals surface area contributed by atoms with Gasteiger partial charge in [0.25, 0.3) is 5.09 Å². The molecule has 1 amide bonds. The normalized spacial score (nSPS) is 10.2. The molecule has 1 aromatic heterocycles. The summed E-state index contributed by atoms with van der Waals surface area (Å²) in [5, 5.41) is 13.1. The molecule has 0 bridgehead atoms. The minimum absolute atomic E-state index is 0.0845. The van der Waals surface area contributed by atoms with E-state index in [0.29, 0.717) is 5.69 Å². The smallest absolute Gasteiger partial charge is 0.294 e. The Bertz CT molecular complexity index is 377. The van der Waals surface area contributed by atoms with Crippen molar-refractivity contribution in [2.75, 3.05) is 13.2 Å². The largest absolute Gasteiger partial charge is 0.351 e. The van der Waals surface area contributed by atoms with Gasteiger partial charge in [-0.25, -0.2) is 4.98 Å². The molecule has 0 saturated carbocycles. The summed E-state index contributed by atoms with van der Waals surface area (Å²) in [6.45, 7) is -0.0789. The third-order valence-corrected chi connectivity index (χ3v) is 2.06. The van der Waals surface area contributed by atoms with Gasteiger partial charge in [-0.05, 0) is 6.08 Å². The van der Waals surface area contributed by atoms with Gasteiger partial charge in [-0.15, -0.1) is 21.5 Å². The van der Waals surface area contributed by atoms with Gasteiger partial charge in [0.15, 0.2) is 0 Å². The average Bonchev–Trinajstić information content (AvgIpc) is 2.74. The van der Waals surface area contributed by atoms with Crippen LogP contribution in [0.1, 0.15) is 5.69 Å². The lowest BCUT2D eigenvalue weighted by Crippen LogP contribution is -2.26. The Morgan fingerprint density at radius 2 is 2.56 bits per heavy atom. The van der Waals surface area contributed by atoms with Crippen molar-refractivity contribution >= 4 is 23.3 Å². The zero-order valence-corrected chi connectivity index (χ0v) is 8.98. The van der Waals surface area contributed by atoms with Crippen LogP contribution in [0, 0.1) is 10.1 Å². The summed E-state index contributed by atoms with van der Waals surface area (Å²) in [5.74, 6) is -0.347. The lowest BCUT2D eigenvalue weighted by atomic mass is 10.4. The van der Waals surface area contributed by atoms with Gasteiger partial charge in [-0.3, -0.25) is 4.79 Å². The van der Waals surface area contributed by atoms with E-state index in [1.807, 2.05) is 0 Å². The number of rotatable bonds is 6. The molecular weight excluding hydrogens is 234 g/mol. The Morgan fingerprint density at radius 3 is 3.19 bits per heavy atom. The Labute approximate surface area is 94.9 Å². The number of amides is 1. The van der Waals surface area contributed by atoms with Crippen LogP contribution in [-0.4, -0.2) is 29.1 Å². The molecular formula is C8H9N3O4S. The molecule has 1 rings (SSSR count). The van der Waals surface area contributed by atoms with Crippen LogP contribution in [0.4, 0.5) is 0 Å². The van der Waals surface area contributed by atoms with Crippen LogP contribution in [0.15, 0.2) is 17.0 Å². The predicted molar refractivity (Wildman–Crippen MR) is 57.1 cm³/mol. The Hall–Kier alpha value is -1.96. The van der Waals surface area contributed by atoms with Gasteiger partial charge in [0.1, 0.15) is 6.61 Å². The second-order valence-corrected chi connectivity index (χ2v) is 3.31. The third-order valence-electron chi connectivity index (χ3n) is 1.45. The number of nitrogens with one attached hydrogen (secondary N) is 1. The highest BCUT2D eigenvalue weighted by Gasteiger charge is 1.97. The topological polar surface area (TPSA) is 94.4 Å². The van der Waals surface area contributed by atoms with Crippen molar-refractivity contribution in [2.24, 2.45) is 0 Å². The predicted octanol–water partition coefficient (Wildman–Crippen LogP) is 0.481. The van der Waals surface area contributed by atoms with Crippen LogP contribution >= 0.6 is 11.3 Å². The van der Waals surface area contributed by atoms with Gasteiger partial charge in [0.2, 0.25) is 5.91 Å². The van der Waals surface area contributed by atoms with Crippen LogP contribution in [0.2, 0.25) is 0 Å². The van der Waals surface area contributed by atoms with E-state index >= 15 is 0 Å². The van der Waals surface area contributed by atoms with Crippen molar-refractivity contribution in [1.82, 2.24) is 10.3 Å². The SMILES string of the molecule is O=C(/C=C/c1cscn1)NCCO[N+](=O)[O-]. The summed E-state index contributed by atoms with van der Waals surface area (Å²) in [7, 11) is 0. The second-order valence-electron chi connectivity index (χ2n) is 2.59. The maximum absolute atomic E-state index is 11.1. The van der Waals surface area contributed by atoms with Gasteiger partial charge >= 0.3 is 0 Å². The fourth-order valence-corrected chi connectivity index (χ4v) is 1.34. The number of hydrogen-bond acceptors (Lipinski definition) is 6. The maximum Gasteiger partial charge on any atom is 0.294 e. The molecule has 1 heterocycles. The molecule has 1 N–H and O–H groups in total. The second kappa shape index (κ2) is 6.51. The summed E-state index contributed by atoms with van der Waals surface area (Å²) < 4.78 is 0. The molecule has 0 spiro atoms. The fourth-order valence-electron chi connectivity index (χ4n) is 0.819. The number of hydrogen-bond donors (Lipinski definition) is 1. The molecule has 0 aliphatic rings. The van der Waals surface area contributed by atoms with E-state index < -0.39 is 5.09 Å². The number of thiazole rings is 1. The van der Waals surface area contributed by atoms with Crippen LogP contribution in [0.3, 0.4) is 0 Å². The molecule has 8 heteroatoms. The van der Waals surface area contributed by atoms with Crippen molar-refractivity contribution in [1.29, 1.82) is 0 Å². The van der Waals surface area contributed by atoms with Crippen LogP contribution in [0.5, 0.6) is 0 Å². The van der Waals surface area contributed by atoms with E-state index in [1.165, 1.54) is 17.4 Å². The van der Waals surface area contributed by atoms with Gasteiger partial charge in [0.05, 0.1) is 11.2 Å². The first-order valence-corrected chi connectivity index (χ1v) is 5.24. The first-order chi connectivity index (χ1) is 7.68. The molecule has 0 unspecified atom stereocenters. The zero-order chi connectivity index (χ0) is 11.8. The quantitative estimate of drug-likeness (QED) is 0.339. The summed E-state index contributed by atoms with van der Waals surface area (Å²) in [5.41, 5.74) is 2.35. The molecule has 0 fully saturated rings. The minimum atomic E-state index is -0.905. The number of carbonyl (C=O) groups is 1. The van der Waals surface area contributed by atoms with Crippen molar-refractivity contribution in [3.05, 3.63) is 32.8 Å². The summed E-state index contributed by atoms with van der Waals surface area (Å²) in [4.78, 5) is 28.9. The van der Waals surface area contributed by atoms with Crippen LogP contribution in [-0.2, 0) is 9.63 Å². The first kappa shape index (κ1) is 12.1. The monoisotopic (exact) mass is 243 g/mol. The first-order valence-electron chi connectivity index (χ1n) is 4.30. The standard InChI is InChI=1S/C8H9N3O4S/c12-8(9-3-4-15-11(13)14)2-1-7-5-16-6-10-7/h1-2,5-6H,3-4H2,(H,9,12)/b2-1+. The lowest BCUT2D eigenvalue weighted by molar-refractivity contribution is -0.757. The van der Waals surface area contributed by atoms with Crippen LogP contribution < -0.4 is 5.32 Å². The van der Waals surface area contributed by atoms with E-state index in [-0.39, 0.29) is 19.1 Å². The minimum Gasteiger partial charge on any atom is -0.351 e. The van der Waals surface area contributed by atoms with Gasteiger partial charge in [-0.1, -0.05) is 0 Å². The van der Waals surface area contributed by atoms with E-state index in [4.69, 9.17) is 0 Å². The zero-order valence-electron chi connectivity index (χ0n) is 8.16. The highest BCUT2D eigenvalue weighted by molar-refractivity contribution is 7.07. The lowest BCUT2D eigenvalue weighted by Gasteiger charge is -1.99. The fraction of sp³-hybridized carbons (Fsp3) is 0.250. The summed E-state index contributed by atoms with van der Waals surface area (Å²) in [6.07, 6.45) is 2.86. The van der Waals surface area contributed by atoms with E-state index in [9.17, 15) is 14.9 Å². The van der Waals surface area contributed by atoms with Gasteiger partial charge in [0, 0.05) is 18.0 Å². The molecule has 0 aliphatic heterocycles. The molecule has 86 valence electrons. The molecule has 7 nitrogen and oxygen atoms in total. The highest BCUT2D eigenvalue weighted by Crippen LogP contribution is 2.02. The Balaban J connectivity index is 2.18. The Kier molecular flexibility index (Phi) is 4.93. The molecule has 0 saturated heterocycles. The number of aromatic nitrogens is 1. The van der Waals surface area contributed by atoms with E-state index in [1.54, 1.807) is 17.0 Å². The summed E-state index contributed by atoms with van der Waals surface area (Å²) in [6, 6.07) is 0. The molecule has 1 aromatic rings. The third kappa shape index (κ3) is 5.05. The molecule has 16 heavy (non-hydrogen) atoms. The van der Waals surface area contributed by atoms with Crippen molar-refractivity contribution in [2.45, 2.75) is 0 Å². The van der Waals surface area contributed by atoms with Crippen molar-refractivity contribution in [3.8, 4) is 0 Å². The van der Waals surface area contributed by atoms with Crippen molar-refractivity contribution < 1.29 is 14.7 Å². The maximum atomic E-state index is 11.1. The number of carbonyl (C=O) groups excluding carboxylic acids is 1. The van der Waals surface area contributed by atoms with Crippen LogP contribution in [0.25, 0.3) is 6.08 Å². The van der Waals surface area contributed by atoms with Gasteiger partial charge in [-0.2, -0.15) is 0 Å². The number of nitrogens with zero attached hydrogens (tertiary/aromatic N) is 2. The van der Waals surface area contributed by atoms with Gasteiger partial charge < -0.3 is 10.2 Å². The summed E-state index contributed by atoms with van der Waals surface area (Å²) >= 11 is 1.43. The molecule has 0 aromatic carbocycles. The Morgan fingerprint density at radius 1 is 1.75 bits per heavy atom.